The van der Waals surface area contributed by atoms with Crippen LogP contribution in [0.1, 0.15) is 61.3 Å². The molecular formula is C17H27NO. The van der Waals surface area contributed by atoms with E-state index in [0.29, 0.717) is 0 Å². The number of rotatable bonds is 5. The molecule has 1 saturated carbocycles. The molecule has 1 aliphatic carbocycles. The lowest BCUT2D eigenvalue weighted by Gasteiger charge is -2.20. The van der Waals surface area contributed by atoms with Crippen LogP contribution < -0.4 is 10.5 Å². The Bertz CT molecular complexity index is 422. The zero-order chi connectivity index (χ0) is 13.8. The molecule has 0 bridgehead atoms. The smallest absolute Gasteiger partial charge is 0.124 e. The van der Waals surface area contributed by atoms with E-state index in [-0.39, 0.29) is 6.04 Å². The van der Waals surface area contributed by atoms with E-state index in [9.17, 15) is 0 Å². The van der Waals surface area contributed by atoms with Crippen molar-refractivity contribution in [3.8, 4) is 5.75 Å². The Morgan fingerprint density at radius 2 is 1.95 bits per heavy atom. The average molecular weight is 261 g/mol. The molecule has 1 atom stereocenters. The van der Waals surface area contributed by atoms with Gasteiger partial charge in [-0.25, -0.2) is 0 Å². The van der Waals surface area contributed by atoms with Gasteiger partial charge in [0.15, 0.2) is 0 Å². The van der Waals surface area contributed by atoms with Gasteiger partial charge in [-0.05, 0) is 49.8 Å². The zero-order valence-corrected chi connectivity index (χ0v) is 12.5. The molecule has 0 radical (unpaired) electrons. The van der Waals surface area contributed by atoms with E-state index in [1.807, 2.05) is 0 Å². The van der Waals surface area contributed by atoms with Crippen molar-refractivity contribution in [3.05, 3.63) is 28.8 Å². The molecule has 2 N–H and O–H groups in total. The van der Waals surface area contributed by atoms with Gasteiger partial charge < -0.3 is 10.5 Å². The first-order valence-electron chi connectivity index (χ1n) is 7.52. The first-order chi connectivity index (χ1) is 9.11. The second-order valence-electron chi connectivity index (χ2n) is 6.03. The van der Waals surface area contributed by atoms with Gasteiger partial charge in [-0.3, -0.25) is 0 Å². The second-order valence-corrected chi connectivity index (χ2v) is 6.03. The fraction of sp³-hybridized carbons (Fsp3) is 0.647. The summed E-state index contributed by atoms with van der Waals surface area (Å²) in [5, 5.41) is 0. The topological polar surface area (TPSA) is 35.2 Å². The molecule has 0 amide bonds. The van der Waals surface area contributed by atoms with Gasteiger partial charge >= 0.3 is 0 Å². The molecule has 0 aliphatic heterocycles. The molecule has 1 aromatic rings. The van der Waals surface area contributed by atoms with E-state index in [2.05, 4.69) is 26.0 Å². The van der Waals surface area contributed by atoms with Crippen LogP contribution in [0.4, 0.5) is 0 Å². The quantitative estimate of drug-likeness (QED) is 0.858. The van der Waals surface area contributed by atoms with Gasteiger partial charge in [0.25, 0.3) is 0 Å². The third-order valence-electron chi connectivity index (χ3n) is 4.44. The van der Waals surface area contributed by atoms with Crippen molar-refractivity contribution in [2.24, 2.45) is 11.7 Å². The van der Waals surface area contributed by atoms with Gasteiger partial charge in [-0.1, -0.05) is 31.7 Å². The molecule has 0 saturated heterocycles. The monoisotopic (exact) mass is 261 g/mol. The van der Waals surface area contributed by atoms with Gasteiger partial charge in [0.2, 0.25) is 0 Å². The van der Waals surface area contributed by atoms with E-state index in [1.54, 1.807) is 7.11 Å². The predicted octanol–water partition coefficient (Wildman–Crippen LogP) is 4.28. The summed E-state index contributed by atoms with van der Waals surface area (Å²) >= 11 is 0. The van der Waals surface area contributed by atoms with Crippen molar-refractivity contribution >= 4 is 0 Å². The summed E-state index contributed by atoms with van der Waals surface area (Å²) in [6.45, 7) is 4.24. The standard InChI is InChI=1S/C17H27NO/c1-12-10-13(2)17(16(11-12)19-3)15(18)9-8-14-6-4-5-7-14/h10-11,14-15H,4-9,18H2,1-3H3. The van der Waals surface area contributed by atoms with Gasteiger partial charge in [-0.15, -0.1) is 0 Å². The molecule has 1 fully saturated rings. The Balaban J connectivity index is 2.06. The van der Waals surface area contributed by atoms with Gasteiger partial charge in [0, 0.05) is 11.6 Å². The van der Waals surface area contributed by atoms with Crippen molar-refractivity contribution in [2.75, 3.05) is 7.11 Å². The van der Waals surface area contributed by atoms with Crippen LogP contribution in [-0.2, 0) is 0 Å². The van der Waals surface area contributed by atoms with Crippen LogP contribution in [0.15, 0.2) is 12.1 Å². The summed E-state index contributed by atoms with van der Waals surface area (Å²) in [7, 11) is 1.74. The zero-order valence-electron chi connectivity index (χ0n) is 12.5. The Hall–Kier alpha value is -1.02. The van der Waals surface area contributed by atoms with Crippen molar-refractivity contribution in [1.82, 2.24) is 0 Å². The molecule has 106 valence electrons. The normalized spacial score (nSPS) is 17.7. The average Bonchev–Trinajstić information content (AvgIpc) is 2.88. The first-order valence-corrected chi connectivity index (χ1v) is 7.52. The highest BCUT2D eigenvalue weighted by Crippen LogP contribution is 2.34. The maximum Gasteiger partial charge on any atom is 0.124 e. The SMILES string of the molecule is COc1cc(C)cc(C)c1C(N)CCC1CCCC1. The molecule has 0 aromatic heterocycles. The van der Waals surface area contributed by atoms with Crippen LogP contribution in [0, 0.1) is 19.8 Å². The van der Waals surface area contributed by atoms with E-state index in [0.717, 1.165) is 18.1 Å². The number of ether oxygens (including phenoxy) is 1. The number of hydrogen-bond donors (Lipinski definition) is 1. The van der Waals surface area contributed by atoms with Gasteiger partial charge in [0.1, 0.15) is 5.75 Å². The minimum absolute atomic E-state index is 0.108. The van der Waals surface area contributed by atoms with Crippen LogP contribution in [0.2, 0.25) is 0 Å². The first kappa shape index (κ1) is 14.4. The van der Waals surface area contributed by atoms with Crippen LogP contribution in [-0.4, -0.2) is 7.11 Å². The third-order valence-corrected chi connectivity index (χ3v) is 4.44. The molecule has 19 heavy (non-hydrogen) atoms. The van der Waals surface area contributed by atoms with Crippen LogP contribution in [0.25, 0.3) is 0 Å². The van der Waals surface area contributed by atoms with E-state index >= 15 is 0 Å². The molecule has 1 aliphatic rings. The van der Waals surface area contributed by atoms with Crippen molar-refractivity contribution in [2.45, 2.75) is 58.4 Å². The summed E-state index contributed by atoms with van der Waals surface area (Å²) in [6.07, 6.45) is 7.95. The number of benzene rings is 1. The third kappa shape index (κ3) is 3.50. The predicted molar refractivity (Wildman–Crippen MR) is 80.6 cm³/mol. The Kier molecular flexibility index (Phi) is 4.87. The molecule has 1 aromatic carbocycles. The maximum absolute atomic E-state index is 6.42. The summed E-state index contributed by atoms with van der Waals surface area (Å²) in [5.41, 5.74) is 10.1. The minimum atomic E-state index is 0.108. The number of methoxy groups -OCH3 is 1. The molecule has 1 unspecified atom stereocenters. The fourth-order valence-corrected chi connectivity index (χ4v) is 3.44. The number of aryl methyl sites for hydroxylation is 2. The summed E-state index contributed by atoms with van der Waals surface area (Å²) in [5.74, 6) is 1.86. The lowest BCUT2D eigenvalue weighted by atomic mass is 9.92. The molecule has 2 rings (SSSR count). The van der Waals surface area contributed by atoms with Crippen molar-refractivity contribution in [3.63, 3.8) is 0 Å². The largest absolute Gasteiger partial charge is 0.496 e. The molecular weight excluding hydrogens is 234 g/mol. The molecule has 0 heterocycles. The maximum atomic E-state index is 6.42. The van der Waals surface area contributed by atoms with E-state index in [4.69, 9.17) is 10.5 Å². The number of nitrogens with two attached hydrogens (primary N) is 1. The fourth-order valence-electron chi connectivity index (χ4n) is 3.44. The Morgan fingerprint density at radius 1 is 1.26 bits per heavy atom. The highest BCUT2D eigenvalue weighted by Gasteiger charge is 2.19. The van der Waals surface area contributed by atoms with Crippen LogP contribution in [0.3, 0.4) is 0 Å². The highest BCUT2D eigenvalue weighted by molar-refractivity contribution is 5.44. The second kappa shape index (κ2) is 6.42. The lowest BCUT2D eigenvalue weighted by molar-refractivity contribution is 0.396. The van der Waals surface area contributed by atoms with Crippen LogP contribution in [0.5, 0.6) is 5.75 Å². The molecule has 2 heteroatoms. The lowest BCUT2D eigenvalue weighted by Crippen LogP contribution is -2.14. The van der Waals surface area contributed by atoms with Gasteiger partial charge in [0.05, 0.1) is 7.11 Å². The van der Waals surface area contributed by atoms with Crippen molar-refractivity contribution < 1.29 is 4.74 Å². The van der Waals surface area contributed by atoms with Gasteiger partial charge in [-0.2, -0.15) is 0 Å². The van der Waals surface area contributed by atoms with E-state index in [1.165, 1.54) is 48.8 Å². The summed E-state index contributed by atoms with van der Waals surface area (Å²) in [6, 6.07) is 4.40. The minimum Gasteiger partial charge on any atom is -0.496 e. The number of hydrogen-bond acceptors (Lipinski definition) is 2. The Morgan fingerprint density at radius 3 is 2.58 bits per heavy atom. The van der Waals surface area contributed by atoms with Crippen molar-refractivity contribution in [1.29, 1.82) is 0 Å². The van der Waals surface area contributed by atoms with E-state index < -0.39 is 0 Å². The van der Waals surface area contributed by atoms with Crippen LogP contribution >= 0.6 is 0 Å². The summed E-state index contributed by atoms with van der Waals surface area (Å²) in [4.78, 5) is 0. The molecule has 2 nitrogen and oxygen atoms in total. The summed E-state index contributed by atoms with van der Waals surface area (Å²) < 4.78 is 5.52. The molecule has 0 spiro atoms. The highest BCUT2D eigenvalue weighted by atomic mass is 16.5. The Labute approximate surface area is 117 Å².